The van der Waals surface area contributed by atoms with E-state index in [0.717, 1.165) is 5.75 Å². The van der Waals surface area contributed by atoms with E-state index in [2.05, 4.69) is 20.8 Å². The van der Waals surface area contributed by atoms with Gasteiger partial charge < -0.3 is 24.6 Å². The molecule has 0 spiro atoms. The number of hydrogen-bond donors (Lipinski definition) is 2. The van der Waals surface area contributed by atoms with Gasteiger partial charge in [0.1, 0.15) is 35.3 Å². The Kier molecular flexibility index (Phi) is 6.41. The number of hydrogen-bond acceptors (Lipinski definition) is 7. The molecule has 3 rings (SSSR count). The minimum atomic E-state index is -0.490. The Morgan fingerprint density at radius 1 is 1.03 bits per heavy atom. The predicted octanol–water partition coefficient (Wildman–Crippen LogP) is 2.45. The van der Waals surface area contributed by atoms with Gasteiger partial charge in [0.05, 0.1) is 13.7 Å². The van der Waals surface area contributed by atoms with Crippen LogP contribution in [-0.2, 0) is 0 Å². The number of ether oxygens (including phenoxy) is 2. The summed E-state index contributed by atoms with van der Waals surface area (Å²) in [5.41, 5.74) is 0.214. The normalized spacial score (nSPS) is 10.3. The first-order valence-corrected chi connectivity index (χ1v) is 8.82. The molecule has 29 heavy (non-hydrogen) atoms. The van der Waals surface area contributed by atoms with Crippen molar-refractivity contribution >= 4 is 17.6 Å². The fourth-order valence-electron chi connectivity index (χ4n) is 2.39. The topological polar surface area (TPSA) is 116 Å². The molecular weight excluding hydrogens is 376 g/mol. The third-order valence-electron chi connectivity index (χ3n) is 3.80. The van der Waals surface area contributed by atoms with E-state index < -0.39 is 11.8 Å². The van der Waals surface area contributed by atoms with Gasteiger partial charge in [-0.1, -0.05) is 11.2 Å². The number of carbonyl (C=O) groups excluding carboxylic acids is 2. The van der Waals surface area contributed by atoms with Gasteiger partial charge in [-0.25, -0.2) is 4.98 Å². The summed E-state index contributed by atoms with van der Waals surface area (Å²) in [4.78, 5) is 28.6. The van der Waals surface area contributed by atoms with E-state index in [9.17, 15) is 9.59 Å². The Morgan fingerprint density at radius 2 is 1.72 bits per heavy atom. The molecule has 0 saturated carbocycles. The number of carbonyl (C=O) groups is 2. The van der Waals surface area contributed by atoms with Crippen LogP contribution in [0, 0.1) is 6.92 Å². The molecule has 2 N–H and O–H groups in total. The van der Waals surface area contributed by atoms with Gasteiger partial charge in [0.25, 0.3) is 11.8 Å². The lowest BCUT2D eigenvalue weighted by molar-refractivity contribution is 0.0942. The molecule has 2 amide bonds. The highest BCUT2D eigenvalue weighted by Crippen LogP contribution is 2.16. The van der Waals surface area contributed by atoms with Gasteiger partial charge in [-0.3, -0.25) is 9.59 Å². The summed E-state index contributed by atoms with van der Waals surface area (Å²) in [7, 11) is 1.59. The summed E-state index contributed by atoms with van der Waals surface area (Å²) in [6.07, 6.45) is 0. The van der Waals surface area contributed by atoms with Crippen LogP contribution in [0.1, 0.15) is 26.7 Å². The Balaban J connectivity index is 1.50. The summed E-state index contributed by atoms with van der Waals surface area (Å²) in [5, 5.41) is 8.95. The van der Waals surface area contributed by atoms with Gasteiger partial charge in [0.2, 0.25) is 0 Å². The van der Waals surface area contributed by atoms with Crippen LogP contribution in [0.2, 0.25) is 0 Å². The lowest BCUT2D eigenvalue weighted by atomic mass is 10.2. The summed E-state index contributed by atoms with van der Waals surface area (Å²) >= 11 is 0. The van der Waals surface area contributed by atoms with E-state index in [4.69, 9.17) is 14.0 Å². The van der Waals surface area contributed by atoms with Crippen molar-refractivity contribution in [1.82, 2.24) is 15.5 Å². The van der Waals surface area contributed by atoms with E-state index in [-0.39, 0.29) is 30.4 Å². The van der Waals surface area contributed by atoms with Crippen molar-refractivity contribution in [2.45, 2.75) is 6.92 Å². The molecule has 0 fully saturated rings. The molecule has 0 aliphatic rings. The molecule has 2 heterocycles. The number of anilines is 1. The number of pyridine rings is 1. The Labute approximate surface area is 167 Å². The van der Waals surface area contributed by atoms with E-state index in [0.29, 0.717) is 11.5 Å². The maximum Gasteiger partial charge on any atom is 0.275 e. The standard InChI is InChI=1S/C20H20N4O5/c1-13-12-18(24-29-13)23-20(26)17-5-3-4-16(22-17)19(25)21-10-11-28-15-8-6-14(27-2)7-9-15/h3-9,12H,10-11H2,1-2H3,(H,21,25)(H,23,24,26). The second-order valence-corrected chi connectivity index (χ2v) is 5.96. The van der Waals surface area contributed by atoms with Crippen molar-refractivity contribution in [2.24, 2.45) is 0 Å². The second-order valence-electron chi connectivity index (χ2n) is 5.96. The van der Waals surface area contributed by atoms with Crippen molar-refractivity contribution in [3.63, 3.8) is 0 Å². The number of nitrogens with zero attached hydrogens (tertiary/aromatic N) is 2. The zero-order valence-corrected chi connectivity index (χ0v) is 16.0. The van der Waals surface area contributed by atoms with Crippen molar-refractivity contribution in [3.8, 4) is 11.5 Å². The number of aryl methyl sites for hydroxylation is 1. The third kappa shape index (κ3) is 5.55. The first kappa shape index (κ1) is 19.9. The summed E-state index contributed by atoms with van der Waals surface area (Å²) < 4.78 is 15.5. The van der Waals surface area contributed by atoms with Crippen LogP contribution >= 0.6 is 0 Å². The van der Waals surface area contributed by atoms with Gasteiger partial charge >= 0.3 is 0 Å². The first-order valence-electron chi connectivity index (χ1n) is 8.82. The molecule has 9 nitrogen and oxygen atoms in total. The molecule has 0 aliphatic heterocycles. The number of methoxy groups -OCH3 is 1. The highest BCUT2D eigenvalue weighted by atomic mass is 16.5. The highest BCUT2D eigenvalue weighted by Gasteiger charge is 2.13. The number of rotatable bonds is 8. The number of nitrogens with one attached hydrogen (secondary N) is 2. The zero-order valence-electron chi connectivity index (χ0n) is 16.0. The third-order valence-corrected chi connectivity index (χ3v) is 3.80. The Morgan fingerprint density at radius 3 is 2.38 bits per heavy atom. The van der Waals surface area contributed by atoms with Gasteiger partial charge in [-0.05, 0) is 43.3 Å². The maximum atomic E-state index is 12.3. The van der Waals surface area contributed by atoms with E-state index >= 15 is 0 Å². The minimum absolute atomic E-state index is 0.0905. The predicted molar refractivity (Wildman–Crippen MR) is 104 cm³/mol. The number of benzene rings is 1. The van der Waals surface area contributed by atoms with Crippen LogP contribution in [0.3, 0.4) is 0 Å². The quantitative estimate of drug-likeness (QED) is 0.562. The lowest BCUT2D eigenvalue weighted by Gasteiger charge is -2.08. The van der Waals surface area contributed by atoms with Gasteiger partial charge in [-0.2, -0.15) is 0 Å². The SMILES string of the molecule is COc1ccc(OCCNC(=O)c2cccc(C(=O)Nc3cc(C)on3)n2)cc1. The summed E-state index contributed by atoms with van der Waals surface area (Å²) in [6.45, 7) is 2.27. The Bertz CT molecular complexity index is 985. The van der Waals surface area contributed by atoms with Gasteiger partial charge in [-0.15, -0.1) is 0 Å². The smallest absolute Gasteiger partial charge is 0.275 e. The van der Waals surface area contributed by atoms with Gasteiger partial charge in [0, 0.05) is 6.07 Å². The molecule has 2 aromatic heterocycles. The zero-order chi connectivity index (χ0) is 20.6. The molecule has 0 aliphatic carbocycles. The molecule has 1 aromatic carbocycles. The molecule has 9 heteroatoms. The number of aromatic nitrogens is 2. The lowest BCUT2D eigenvalue weighted by Crippen LogP contribution is -2.29. The van der Waals surface area contributed by atoms with Crippen LogP contribution in [0.5, 0.6) is 11.5 Å². The monoisotopic (exact) mass is 396 g/mol. The molecule has 150 valence electrons. The molecule has 3 aromatic rings. The average molecular weight is 396 g/mol. The second kappa shape index (κ2) is 9.36. The van der Waals surface area contributed by atoms with Crippen LogP contribution in [0.25, 0.3) is 0 Å². The molecule has 0 atom stereocenters. The van der Waals surface area contributed by atoms with Crippen LogP contribution < -0.4 is 20.1 Å². The minimum Gasteiger partial charge on any atom is -0.497 e. The van der Waals surface area contributed by atoms with Crippen LogP contribution in [0.15, 0.2) is 53.1 Å². The summed E-state index contributed by atoms with van der Waals surface area (Å²) in [5.74, 6) is 1.35. The van der Waals surface area contributed by atoms with Crippen molar-refractivity contribution in [3.05, 3.63) is 65.7 Å². The van der Waals surface area contributed by atoms with Crippen LogP contribution in [0.4, 0.5) is 5.82 Å². The summed E-state index contributed by atoms with van der Waals surface area (Å²) in [6, 6.07) is 13.3. The molecule has 0 radical (unpaired) electrons. The van der Waals surface area contributed by atoms with E-state index in [1.165, 1.54) is 12.1 Å². The largest absolute Gasteiger partial charge is 0.497 e. The highest BCUT2D eigenvalue weighted by molar-refractivity contribution is 6.03. The average Bonchev–Trinajstić information content (AvgIpc) is 3.16. The first-order chi connectivity index (χ1) is 14.0. The Hall–Kier alpha value is -3.88. The number of amides is 2. The van der Waals surface area contributed by atoms with Crippen molar-refractivity contribution in [1.29, 1.82) is 0 Å². The van der Waals surface area contributed by atoms with Crippen LogP contribution in [-0.4, -0.2) is 42.2 Å². The maximum absolute atomic E-state index is 12.3. The van der Waals surface area contributed by atoms with Gasteiger partial charge in [0.15, 0.2) is 5.82 Å². The molecule has 0 unspecified atom stereocenters. The van der Waals surface area contributed by atoms with Crippen molar-refractivity contribution < 1.29 is 23.6 Å². The molecule has 0 bridgehead atoms. The fourth-order valence-corrected chi connectivity index (χ4v) is 2.39. The van der Waals surface area contributed by atoms with E-state index in [1.807, 2.05) is 0 Å². The van der Waals surface area contributed by atoms with E-state index in [1.54, 1.807) is 50.4 Å². The molecule has 0 saturated heterocycles. The van der Waals surface area contributed by atoms with Crippen molar-refractivity contribution in [2.75, 3.05) is 25.6 Å². The molecular formula is C20H20N4O5. The fraction of sp³-hybridized carbons (Fsp3) is 0.200.